The average molecular weight is 463 g/mol. The lowest BCUT2D eigenvalue weighted by Crippen LogP contribution is -2.59. The van der Waals surface area contributed by atoms with E-state index in [2.05, 4.69) is 61.4 Å². The number of hydrogen-bond donors (Lipinski definition) is 2. The van der Waals surface area contributed by atoms with E-state index >= 15 is 0 Å². The molecule has 0 spiro atoms. The molecular weight excluding hydrogens is 424 g/mol. The van der Waals surface area contributed by atoms with Crippen molar-refractivity contribution in [2.75, 3.05) is 13.1 Å². The van der Waals surface area contributed by atoms with Crippen molar-refractivity contribution >= 4 is 11.8 Å². The molecule has 6 heteroatoms. The topological polar surface area (TPSA) is 88.7 Å². The first kappa shape index (κ1) is 23.4. The van der Waals surface area contributed by atoms with E-state index in [9.17, 15) is 15.2 Å². The predicted octanol–water partition coefficient (Wildman–Crippen LogP) is 4.70. The number of carboxylic acids is 1. The Morgan fingerprint density at radius 2 is 1.82 bits per heavy atom. The van der Waals surface area contributed by atoms with Crippen LogP contribution in [0.15, 0.2) is 29.3 Å². The smallest absolute Gasteiger partial charge is 0.309 e. The normalized spacial score (nSPS) is 34.1. The van der Waals surface area contributed by atoms with E-state index in [0.717, 1.165) is 63.9 Å². The van der Waals surface area contributed by atoms with E-state index < -0.39 is 11.4 Å². The summed E-state index contributed by atoms with van der Waals surface area (Å²) in [5.41, 5.74) is 1.93. The Labute approximate surface area is 203 Å². The monoisotopic (exact) mass is 462 g/mol. The lowest BCUT2D eigenvalue weighted by atomic mass is 9.48. The second-order valence-electron chi connectivity index (χ2n) is 11.9. The maximum atomic E-state index is 12.1. The van der Waals surface area contributed by atoms with Crippen LogP contribution in [-0.2, 0) is 4.79 Å². The summed E-state index contributed by atoms with van der Waals surface area (Å²) in [7, 11) is 0. The molecule has 1 aliphatic heterocycles. The SMILES string of the molecule is Cc1ccccc1C1CCN(C(C)(C)C(=NC2C3CC4CC2CC(C(=O)O)(C4)C3)NC#N)CC1. The zero-order valence-electron chi connectivity index (χ0n) is 20.8. The minimum atomic E-state index is -0.610. The number of aliphatic imine (C=N–C) groups is 1. The van der Waals surface area contributed by atoms with Gasteiger partial charge in [-0.25, -0.2) is 0 Å². The van der Waals surface area contributed by atoms with Gasteiger partial charge in [-0.15, -0.1) is 0 Å². The zero-order valence-corrected chi connectivity index (χ0v) is 20.8. The lowest BCUT2D eigenvalue weighted by Gasteiger charge is -2.57. The molecule has 2 atom stereocenters. The first-order valence-corrected chi connectivity index (χ1v) is 13.0. The fourth-order valence-electron chi connectivity index (χ4n) is 7.96. The highest BCUT2D eigenvalue weighted by Crippen LogP contribution is 2.61. The van der Waals surface area contributed by atoms with Gasteiger partial charge in [0, 0.05) is 0 Å². The van der Waals surface area contributed by atoms with Gasteiger partial charge < -0.3 is 5.11 Å². The Morgan fingerprint density at radius 1 is 1.18 bits per heavy atom. The highest BCUT2D eigenvalue weighted by atomic mass is 16.4. The number of aryl methyl sites for hydroxylation is 1. The number of nitrogens with zero attached hydrogens (tertiary/aromatic N) is 3. The van der Waals surface area contributed by atoms with Crippen molar-refractivity contribution in [1.29, 1.82) is 5.26 Å². The molecule has 2 N–H and O–H groups in total. The van der Waals surface area contributed by atoms with Gasteiger partial charge in [-0.2, -0.15) is 5.26 Å². The molecule has 6 rings (SSSR count). The summed E-state index contributed by atoms with van der Waals surface area (Å²) in [6.45, 7) is 8.50. The van der Waals surface area contributed by atoms with Gasteiger partial charge in [-0.3, -0.25) is 20.0 Å². The molecule has 1 aromatic rings. The van der Waals surface area contributed by atoms with Crippen molar-refractivity contribution < 1.29 is 9.90 Å². The Morgan fingerprint density at radius 3 is 2.41 bits per heavy atom. The number of hydrogen-bond acceptors (Lipinski definition) is 4. The van der Waals surface area contributed by atoms with Gasteiger partial charge in [0.15, 0.2) is 6.19 Å². The van der Waals surface area contributed by atoms with Crippen molar-refractivity contribution in [2.24, 2.45) is 28.2 Å². The number of carbonyl (C=O) groups is 1. The first-order chi connectivity index (χ1) is 16.2. The molecule has 1 heterocycles. The van der Waals surface area contributed by atoms with Gasteiger partial charge in [-0.05, 0) is 114 Å². The standard InChI is InChI=1S/C28H38N4O2/c1-18-6-4-5-7-23(18)20-8-10-32(11-9-20)27(2,3)25(30-17-29)31-24-21-12-19-13-22(24)16-28(14-19,15-21)26(33)34/h4-7,19-22,24H,8-16H2,1-3H3,(H,30,31)(H,33,34). The molecule has 1 saturated heterocycles. The number of rotatable bonds is 5. The van der Waals surface area contributed by atoms with Gasteiger partial charge in [0.1, 0.15) is 5.84 Å². The van der Waals surface area contributed by atoms with Crippen LogP contribution >= 0.6 is 0 Å². The molecule has 5 fully saturated rings. The van der Waals surface area contributed by atoms with Crippen LogP contribution in [0.1, 0.15) is 75.8 Å². The first-order valence-electron chi connectivity index (χ1n) is 13.0. The van der Waals surface area contributed by atoms with Crippen molar-refractivity contribution in [2.45, 2.75) is 83.2 Å². The molecule has 4 saturated carbocycles. The summed E-state index contributed by atoms with van der Waals surface area (Å²) in [5.74, 6) is 1.89. The summed E-state index contributed by atoms with van der Waals surface area (Å²) in [5, 5.41) is 22.5. The lowest BCUT2D eigenvalue weighted by molar-refractivity contribution is -0.166. The summed E-state index contributed by atoms with van der Waals surface area (Å²) in [6.07, 6.45) is 8.85. The number of benzene rings is 1. The Balaban J connectivity index is 1.33. The molecule has 5 aliphatic rings. The third-order valence-corrected chi connectivity index (χ3v) is 9.62. The van der Waals surface area contributed by atoms with Crippen LogP contribution in [0.5, 0.6) is 0 Å². The van der Waals surface area contributed by atoms with Gasteiger partial charge in [0.25, 0.3) is 0 Å². The fraction of sp³-hybridized carbons (Fsp3) is 0.679. The van der Waals surface area contributed by atoms with Gasteiger partial charge in [0.05, 0.1) is 17.0 Å². The van der Waals surface area contributed by atoms with Crippen LogP contribution in [-0.4, -0.2) is 46.5 Å². The molecular formula is C28H38N4O2. The largest absolute Gasteiger partial charge is 0.481 e. The molecule has 2 unspecified atom stereocenters. The predicted molar refractivity (Wildman–Crippen MR) is 132 cm³/mol. The second-order valence-corrected chi connectivity index (χ2v) is 11.9. The van der Waals surface area contributed by atoms with Gasteiger partial charge >= 0.3 is 5.97 Å². The molecule has 182 valence electrons. The maximum absolute atomic E-state index is 12.1. The Kier molecular flexibility index (Phi) is 5.96. The summed E-state index contributed by atoms with van der Waals surface area (Å²) >= 11 is 0. The Hall–Kier alpha value is -2.39. The fourth-order valence-corrected chi connectivity index (χ4v) is 7.96. The molecule has 0 radical (unpaired) electrons. The molecule has 0 aromatic heterocycles. The third-order valence-electron chi connectivity index (χ3n) is 9.62. The quantitative estimate of drug-likeness (QED) is 0.287. The number of piperidine rings is 1. The van der Waals surface area contributed by atoms with Crippen LogP contribution < -0.4 is 5.32 Å². The van der Waals surface area contributed by atoms with E-state index in [-0.39, 0.29) is 11.6 Å². The van der Waals surface area contributed by atoms with Crippen LogP contribution in [0, 0.1) is 41.5 Å². The maximum Gasteiger partial charge on any atom is 0.309 e. The van der Waals surface area contributed by atoms with E-state index in [4.69, 9.17) is 4.99 Å². The number of likely N-dealkylation sites (tertiary alicyclic amines) is 1. The molecule has 1 aromatic carbocycles. The number of amidine groups is 1. The van der Waals surface area contributed by atoms with Crippen LogP contribution in [0.3, 0.4) is 0 Å². The van der Waals surface area contributed by atoms with E-state index in [1.807, 2.05) is 0 Å². The van der Waals surface area contributed by atoms with Gasteiger partial charge in [0.2, 0.25) is 0 Å². The molecule has 6 nitrogen and oxygen atoms in total. The number of aliphatic carboxylic acids is 1. The summed E-state index contributed by atoms with van der Waals surface area (Å²) in [4.78, 5) is 19.8. The number of carboxylic acid groups (broad SMARTS) is 1. The Bertz CT molecular complexity index is 1000. The van der Waals surface area contributed by atoms with Crippen molar-refractivity contribution in [3.05, 3.63) is 35.4 Å². The molecule has 4 bridgehead atoms. The second kappa shape index (κ2) is 8.68. The van der Waals surface area contributed by atoms with Crippen LogP contribution in [0.2, 0.25) is 0 Å². The highest BCUT2D eigenvalue weighted by molar-refractivity contribution is 5.92. The summed E-state index contributed by atoms with van der Waals surface area (Å²) < 4.78 is 0. The van der Waals surface area contributed by atoms with Gasteiger partial charge in [-0.1, -0.05) is 24.3 Å². The third kappa shape index (κ3) is 3.92. The van der Waals surface area contributed by atoms with Crippen molar-refractivity contribution in [3.8, 4) is 6.19 Å². The minimum absolute atomic E-state index is 0.128. The molecule has 4 aliphatic carbocycles. The van der Waals surface area contributed by atoms with E-state index in [0.29, 0.717) is 23.7 Å². The van der Waals surface area contributed by atoms with Crippen LogP contribution in [0.4, 0.5) is 0 Å². The van der Waals surface area contributed by atoms with E-state index in [1.165, 1.54) is 11.1 Å². The summed E-state index contributed by atoms with van der Waals surface area (Å²) in [6, 6.07) is 8.84. The van der Waals surface area contributed by atoms with Crippen molar-refractivity contribution in [1.82, 2.24) is 10.2 Å². The highest BCUT2D eigenvalue weighted by Gasteiger charge is 2.59. The average Bonchev–Trinajstić information content (AvgIpc) is 2.80. The number of nitrogens with one attached hydrogen (secondary N) is 1. The minimum Gasteiger partial charge on any atom is -0.481 e. The van der Waals surface area contributed by atoms with Crippen LogP contribution in [0.25, 0.3) is 0 Å². The molecule has 34 heavy (non-hydrogen) atoms. The molecule has 0 amide bonds. The number of nitriles is 1. The van der Waals surface area contributed by atoms with Crippen molar-refractivity contribution in [3.63, 3.8) is 0 Å². The zero-order chi connectivity index (χ0) is 24.1. The van der Waals surface area contributed by atoms with E-state index in [1.54, 1.807) is 0 Å².